The molecule has 18 heavy (non-hydrogen) atoms. The van der Waals surface area contributed by atoms with Crippen LogP contribution in [0.1, 0.15) is 11.1 Å². The molecule has 0 spiro atoms. The van der Waals surface area contributed by atoms with Gasteiger partial charge >= 0.3 is 0 Å². The Kier molecular flexibility index (Phi) is 6.10. The van der Waals surface area contributed by atoms with Crippen LogP contribution in [0.5, 0.6) is 5.75 Å². The fourth-order valence-corrected chi connectivity index (χ4v) is 2.87. The summed E-state index contributed by atoms with van der Waals surface area (Å²) in [6, 6.07) is 16.1. The fourth-order valence-electron chi connectivity index (χ4n) is 1.77. The van der Waals surface area contributed by atoms with Gasteiger partial charge in [0.15, 0.2) is 4.90 Å². The zero-order valence-electron chi connectivity index (χ0n) is 10.3. The maximum atomic E-state index is 9.34. The lowest BCUT2D eigenvalue weighted by Gasteiger charge is -1.99. The van der Waals surface area contributed by atoms with Crippen LogP contribution in [-0.2, 0) is 18.2 Å². The summed E-state index contributed by atoms with van der Waals surface area (Å²) in [5, 5.41) is 9.34. The van der Waals surface area contributed by atoms with Gasteiger partial charge in [0.05, 0.1) is 0 Å². The SMILES string of the molecule is Cc1cc(O)ccc1[SH+]CCc1ccccc1.[Cl-]. The summed E-state index contributed by atoms with van der Waals surface area (Å²) in [7, 11) is 0. The third-order valence-corrected chi connectivity index (χ3v) is 4.00. The third kappa shape index (κ3) is 4.28. The van der Waals surface area contributed by atoms with E-state index in [9.17, 15) is 5.11 Å². The molecule has 1 N–H and O–H groups in total. The number of rotatable bonds is 4. The zero-order chi connectivity index (χ0) is 12.1. The number of halogens is 1. The van der Waals surface area contributed by atoms with Crippen molar-refractivity contribution >= 4 is 11.8 Å². The van der Waals surface area contributed by atoms with Crippen molar-refractivity contribution in [1.82, 2.24) is 0 Å². The van der Waals surface area contributed by atoms with Crippen molar-refractivity contribution in [2.24, 2.45) is 0 Å². The number of phenolic OH excluding ortho intramolecular Hbond substituents is 1. The number of phenols is 1. The molecule has 0 fully saturated rings. The van der Waals surface area contributed by atoms with E-state index in [-0.39, 0.29) is 12.4 Å². The van der Waals surface area contributed by atoms with Crippen molar-refractivity contribution in [3.63, 3.8) is 0 Å². The van der Waals surface area contributed by atoms with E-state index in [0.717, 1.165) is 12.2 Å². The van der Waals surface area contributed by atoms with Gasteiger partial charge < -0.3 is 17.5 Å². The van der Waals surface area contributed by atoms with E-state index < -0.39 is 0 Å². The molecular formula is C15H17ClOS. The van der Waals surface area contributed by atoms with E-state index in [2.05, 4.69) is 24.3 Å². The van der Waals surface area contributed by atoms with Gasteiger partial charge in [0.1, 0.15) is 11.5 Å². The Labute approximate surface area is 119 Å². The van der Waals surface area contributed by atoms with Gasteiger partial charge in [-0.05, 0) is 30.7 Å². The smallest absolute Gasteiger partial charge is 0.155 e. The summed E-state index contributed by atoms with van der Waals surface area (Å²) >= 11 is 1.33. The van der Waals surface area contributed by atoms with Crippen LogP contribution in [0, 0.1) is 6.92 Å². The Hall–Kier alpha value is -1.12. The molecular weight excluding hydrogens is 264 g/mol. The van der Waals surface area contributed by atoms with Crippen LogP contribution in [0.2, 0.25) is 0 Å². The average Bonchev–Trinajstić information content (AvgIpc) is 2.33. The molecule has 96 valence electrons. The first kappa shape index (κ1) is 14.9. The molecule has 0 saturated carbocycles. The Balaban J connectivity index is 0.00000162. The standard InChI is InChI=1S/C15H16OS.ClH/c1-12-11-14(16)7-8-15(12)17-10-9-13-5-3-2-4-6-13;/h2-8,11,16H,9-10H2,1H3;1H. The van der Waals surface area contributed by atoms with Crippen molar-refractivity contribution in [2.45, 2.75) is 18.2 Å². The summed E-state index contributed by atoms with van der Waals surface area (Å²) in [6.45, 7) is 2.05. The predicted octanol–water partition coefficient (Wildman–Crippen LogP) is 0.121. The molecule has 0 heterocycles. The molecule has 2 rings (SSSR count). The first-order valence-electron chi connectivity index (χ1n) is 5.77. The average molecular weight is 281 g/mol. The molecule has 0 saturated heterocycles. The van der Waals surface area contributed by atoms with Crippen molar-refractivity contribution < 1.29 is 17.5 Å². The molecule has 2 aromatic carbocycles. The number of thiol groups is 1. The lowest BCUT2D eigenvalue weighted by molar-refractivity contribution is -0.00000454. The highest BCUT2D eigenvalue weighted by Gasteiger charge is 2.07. The molecule has 0 amide bonds. The number of benzene rings is 2. The predicted molar refractivity (Wildman–Crippen MR) is 74.9 cm³/mol. The van der Waals surface area contributed by atoms with Gasteiger partial charge in [-0.25, -0.2) is 0 Å². The largest absolute Gasteiger partial charge is 1.00 e. The minimum atomic E-state index is 0. The van der Waals surface area contributed by atoms with Crippen LogP contribution in [0.15, 0.2) is 53.4 Å². The second-order valence-electron chi connectivity index (χ2n) is 4.09. The van der Waals surface area contributed by atoms with E-state index in [0.29, 0.717) is 5.75 Å². The van der Waals surface area contributed by atoms with E-state index in [1.54, 1.807) is 6.07 Å². The van der Waals surface area contributed by atoms with Gasteiger partial charge in [0.2, 0.25) is 0 Å². The van der Waals surface area contributed by atoms with Crippen LogP contribution >= 0.6 is 0 Å². The maximum Gasteiger partial charge on any atom is 0.155 e. The van der Waals surface area contributed by atoms with Crippen LogP contribution in [0.4, 0.5) is 0 Å². The van der Waals surface area contributed by atoms with Gasteiger partial charge in [-0.3, -0.25) is 0 Å². The van der Waals surface area contributed by atoms with Crippen molar-refractivity contribution in [3.05, 3.63) is 59.7 Å². The molecule has 0 radical (unpaired) electrons. The first-order chi connectivity index (χ1) is 8.25. The molecule has 0 aliphatic carbocycles. The Bertz CT molecular complexity index is 485. The number of aromatic hydroxyl groups is 1. The monoisotopic (exact) mass is 280 g/mol. The quantitative estimate of drug-likeness (QED) is 0.623. The summed E-state index contributed by atoms with van der Waals surface area (Å²) in [4.78, 5) is 1.30. The highest BCUT2D eigenvalue weighted by molar-refractivity contribution is 7.78. The number of aryl methyl sites for hydroxylation is 2. The highest BCUT2D eigenvalue weighted by Crippen LogP contribution is 2.17. The van der Waals surface area contributed by atoms with Gasteiger partial charge in [-0.15, -0.1) is 0 Å². The summed E-state index contributed by atoms with van der Waals surface area (Å²) in [6.07, 6.45) is 1.10. The molecule has 0 aromatic heterocycles. The van der Waals surface area contributed by atoms with E-state index in [1.165, 1.54) is 27.8 Å². The summed E-state index contributed by atoms with van der Waals surface area (Å²) < 4.78 is 0. The first-order valence-corrected chi connectivity index (χ1v) is 6.85. The van der Waals surface area contributed by atoms with E-state index in [4.69, 9.17) is 0 Å². The normalized spacial score (nSPS) is 9.83. The molecule has 3 heteroatoms. The van der Waals surface area contributed by atoms with Crippen LogP contribution in [-0.4, -0.2) is 10.9 Å². The maximum absolute atomic E-state index is 9.34. The molecule has 0 aliphatic heterocycles. The molecule has 0 bridgehead atoms. The van der Waals surface area contributed by atoms with E-state index >= 15 is 0 Å². The van der Waals surface area contributed by atoms with Crippen molar-refractivity contribution in [1.29, 1.82) is 0 Å². The lowest BCUT2D eigenvalue weighted by Crippen LogP contribution is -3.00. The molecule has 0 aliphatic rings. The molecule has 2 aromatic rings. The van der Waals surface area contributed by atoms with Gasteiger partial charge in [0.25, 0.3) is 0 Å². The third-order valence-electron chi connectivity index (χ3n) is 2.71. The van der Waals surface area contributed by atoms with Crippen LogP contribution in [0.25, 0.3) is 0 Å². The fraction of sp³-hybridized carbons (Fsp3) is 0.200. The van der Waals surface area contributed by atoms with Crippen LogP contribution in [0.3, 0.4) is 0 Å². The highest BCUT2D eigenvalue weighted by atomic mass is 35.5. The molecule has 0 atom stereocenters. The van der Waals surface area contributed by atoms with Gasteiger partial charge in [-0.2, -0.15) is 0 Å². The summed E-state index contributed by atoms with van der Waals surface area (Å²) in [5.41, 5.74) is 2.55. The van der Waals surface area contributed by atoms with Crippen LogP contribution < -0.4 is 12.4 Å². The number of hydrogen-bond donors (Lipinski definition) is 1. The zero-order valence-corrected chi connectivity index (χ0v) is 12.0. The minimum absolute atomic E-state index is 0. The second-order valence-corrected chi connectivity index (χ2v) is 5.33. The summed E-state index contributed by atoms with van der Waals surface area (Å²) in [5.74, 6) is 1.47. The van der Waals surface area contributed by atoms with Gasteiger partial charge in [0, 0.05) is 23.7 Å². The molecule has 0 unspecified atom stereocenters. The van der Waals surface area contributed by atoms with Crippen molar-refractivity contribution in [3.8, 4) is 5.75 Å². The lowest BCUT2D eigenvalue weighted by atomic mass is 10.2. The Morgan fingerprint density at radius 1 is 1.06 bits per heavy atom. The number of hydrogen-bond acceptors (Lipinski definition) is 1. The Morgan fingerprint density at radius 2 is 1.78 bits per heavy atom. The topological polar surface area (TPSA) is 20.2 Å². The Morgan fingerprint density at radius 3 is 2.44 bits per heavy atom. The minimum Gasteiger partial charge on any atom is -1.00 e. The van der Waals surface area contributed by atoms with E-state index in [1.807, 2.05) is 25.1 Å². The second kappa shape index (κ2) is 7.34. The van der Waals surface area contributed by atoms with Gasteiger partial charge in [-0.1, -0.05) is 30.3 Å². The van der Waals surface area contributed by atoms with Crippen molar-refractivity contribution in [2.75, 3.05) is 5.75 Å². The molecule has 1 nitrogen and oxygen atoms in total.